The normalized spacial score (nSPS) is 12.0. The van der Waals surface area contributed by atoms with E-state index in [0.29, 0.717) is 18.7 Å². The van der Waals surface area contributed by atoms with Crippen LogP contribution in [0.3, 0.4) is 0 Å². The molecule has 7 heteroatoms. The number of carbonyl (C=O) groups is 1. The summed E-state index contributed by atoms with van der Waals surface area (Å²) in [5.41, 5.74) is 2.45. The molecule has 0 aliphatic carbocycles. The van der Waals surface area contributed by atoms with Gasteiger partial charge in [0.15, 0.2) is 0 Å². The second kappa shape index (κ2) is 7.41. The molecule has 6 nitrogen and oxygen atoms in total. The van der Waals surface area contributed by atoms with Gasteiger partial charge in [0.05, 0.1) is 0 Å². The second-order valence-electron chi connectivity index (χ2n) is 5.45. The molecule has 1 unspecified atom stereocenters. The zero-order chi connectivity index (χ0) is 16.9. The Labute approximate surface area is 148 Å². The van der Waals surface area contributed by atoms with E-state index in [1.807, 2.05) is 28.8 Å². The van der Waals surface area contributed by atoms with Gasteiger partial charge in [0, 0.05) is 6.20 Å². The molecule has 0 saturated heterocycles. The van der Waals surface area contributed by atoms with E-state index < -0.39 is 11.9 Å². The molecule has 0 spiro atoms. The summed E-state index contributed by atoms with van der Waals surface area (Å²) in [6.07, 6.45) is 9.01. The minimum atomic E-state index is -0.891. The molecule has 2 radical (unpaired) electrons. The van der Waals surface area contributed by atoms with Crippen LogP contribution in [-0.4, -0.2) is 47.4 Å². The summed E-state index contributed by atoms with van der Waals surface area (Å²) in [6.45, 7) is 0.608. The van der Waals surface area contributed by atoms with Crippen molar-refractivity contribution >= 4 is 27.3 Å². The van der Waals surface area contributed by atoms with E-state index in [-0.39, 0.29) is 0 Å². The Hall–Kier alpha value is -2.46. The molecular weight excluding hydrogens is 367 g/mol. The number of carboxylic acids is 1. The van der Waals surface area contributed by atoms with Crippen molar-refractivity contribution in [2.45, 2.75) is 18.9 Å². The third-order valence-corrected chi connectivity index (χ3v) is 4.20. The number of imidazole rings is 1. The average Bonchev–Trinajstić information content (AvgIpc) is 3.03. The number of hydrogen-bond donors (Lipinski definition) is 1. The van der Waals surface area contributed by atoms with E-state index in [2.05, 4.69) is 31.8 Å². The fraction of sp³-hybridized carbons (Fsp3) is 0.176. The number of pyridine rings is 2. The molecule has 0 aliphatic heterocycles. The van der Waals surface area contributed by atoms with Crippen LogP contribution in [0.4, 0.5) is 0 Å². The van der Waals surface area contributed by atoms with Crippen LogP contribution in [0.15, 0.2) is 55.4 Å². The molecule has 1 atom stereocenters. The molecule has 3 rings (SSSR count). The van der Waals surface area contributed by atoms with Gasteiger partial charge in [-0.15, -0.1) is 0 Å². The first kappa shape index (κ1) is 16.4. The van der Waals surface area contributed by atoms with E-state index in [0.717, 1.165) is 15.6 Å². The van der Waals surface area contributed by atoms with E-state index in [9.17, 15) is 9.90 Å². The molecular formula is C17H15AsN4O2. The molecule has 120 valence electrons. The van der Waals surface area contributed by atoms with Gasteiger partial charge in [-0.3, -0.25) is 4.98 Å². The Balaban J connectivity index is 1.77. The standard InChI is InChI=1S/C17H15AsN4O2/c18-16-4-3-12(8-20-16)6-14(17(23)24)15-10-22(11-21-15)9-13-2-1-5-19-7-13/h1-5,7-8,10-11,14H,6,9H2,(H,23,24). The number of rotatable bonds is 6. The Morgan fingerprint density at radius 2 is 2.08 bits per heavy atom. The number of aromatic nitrogens is 4. The SMILES string of the molecule is O=C(O)C(Cc1ccc([As])nc1)c1cn(Cc2cccnc2)cn1. The maximum atomic E-state index is 11.7. The summed E-state index contributed by atoms with van der Waals surface area (Å²) in [5.74, 6) is -1.59. The van der Waals surface area contributed by atoms with Gasteiger partial charge in [-0.05, 0) is 6.07 Å². The fourth-order valence-corrected chi connectivity index (χ4v) is 2.72. The molecule has 3 aromatic heterocycles. The van der Waals surface area contributed by atoms with E-state index in [1.165, 1.54) is 0 Å². The van der Waals surface area contributed by atoms with Crippen LogP contribution in [0.2, 0.25) is 0 Å². The van der Waals surface area contributed by atoms with Gasteiger partial charge in [-0.1, -0.05) is 0 Å². The quantitative estimate of drug-likeness (QED) is 0.642. The molecule has 0 aliphatic rings. The van der Waals surface area contributed by atoms with Crippen LogP contribution in [0.1, 0.15) is 22.7 Å². The Morgan fingerprint density at radius 3 is 2.75 bits per heavy atom. The van der Waals surface area contributed by atoms with Crippen molar-refractivity contribution in [3.05, 3.63) is 72.2 Å². The van der Waals surface area contributed by atoms with Gasteiger partial charge >= 0.3 is 131 Å². The Bertz CT molecular complexity index is 818. The van der Waals surface area contributed by atoms with Crippen molar-refractivity contribution in [2.75, 3.05) is 0 Å². The number of hydrogen-bond acceptors (Lipinski definition) is 4. The summed E-state index contributed by atoms with van der Waals surface area (Å²) in [4.78, 5) is 24.2. The van der Waals surface area contributed by atoms with Gasteiger partial charge in [-0.25, -0.2) is 0 Å². The van der Waals surface area contributed by atoms with Gasteiger partial charge in [0.2, 0.25) is 0 Å². The Kier molecular flexibility index (Phi) is 5.06. The third-order valence-electron chi connectivity index (χ3n) is 3.65. The van der Waals surface area contributed by atoms with Crippen molar-refractivity contribution in [2.24, 2.45) is 0 Å². The zero-order valence-electron chi connectivity index (χ0n) is 12.8. The minimum absolute atomic E-state index is 0.361. The van der Waals surface area contributed by atoms with E-state index in [4.69, 9.17) is 0 Å². The van der Waals surface area contributed by atoms with Gasteiger partial charge in [0.25, 0.3) is 0 Å². The third kappa shape index (κ3) is 4.09. The fourth-order valence-electron chi connectivity index (χ4n) is 2.44. The van der Waals surface area contributed by atoms with E-state index in [1.54, 1.807) is 31.1 Å². The number of nitrogens with zero attached hydrogens (tertiary/aromatic N) is 4. The summed E-state index contributed by atoms with van der Waals surface area (Å²) < 4.78 is 2.71. The van der Waals surface area contributed by atoms with Crippen LogP contribution >= 0.6 is 0 Å². The van der Waals surface area contributed by atoms with Crippen LogP contribution in [0.5, 0.6) is 0 Å². The van der Waals surface area contributed by atoms with Gasteiger partial charge in [0.1, 0.15) is 0 Å². The molecule has 0 saturated carbocycles. The van der Waals surface area contributed by atoms with Crippen molar-refractivity contribution in [3.8, 4) is 0 Å². The number of carboxylic acid groups (broad SMARTS) is 1. The van der Waals surface area contributed by atoms with Crippen LogP contribution < -0.4 is 4.48 Å². The predicted molar refractivity (Wildman–Crippen MR) is 89.3 cm³/mol. The van der Waals surface area contributed by atoms with Crippen molar-refractivity contribution in [1.82, 2.24) is 19.5 Å². The molecule has 24 heavy (non-hydrogen) atoms. The first-order valence-electron chi connectivity index (χ1n) is 7.39. The molecule has 0 aromatic carbocycles. The molecule has 1 N–H and O–H groups in total. The van der Waals surface area contributed by atoms with Crippen molar-refractivity contribution < 1.29 is 9.90 Å². The molecule has 3 heterocycles. The van der Waals surface area contributed by atoms with Gasteiger partial charge in [-0.2, -0.15) is 0 Å². The molecule has 0 fully saturated rings. The topological polar surface area (TPSA) is 80.9 Å². The average molecular weight is 382 g/mol. The first-order valence-corrected chi connectivity index (χ1v) is 8.33. The predicted octanol–water partition coefficient (Wildman–Crippen LogP) is 0.926. The van der Waals surface area contributed by atoms with Crippen LogP contribution in [0.25, 0.3) is 0 Å². The van der Waals surface area contributed by atoms with Crippen LogP contribution in [-0.2, 0) is 17.8 Å². The maximum absolute atomic E-state index is 11.7. The molecule has 3 aromatic rings. The second-order valence-corrected chi connectivity index (χ2v) is 6.41. The summed E-state index contributed by atoms with van der Waals surface area (Å²) in [7, 11) is 0. The summed E-state index contributed by atoms with van der Waals surface area (Å²) in [5, 5.41) is 9.56. The summed E-state index contributed by atoms with van der Waals surface area (Å²) in [6, 6.07) is 7.59. The van der Waals surface area contributed by atoms with Crippen molar-refractivity contribution in [3.63, 3.8) is 0 Å². The molecule has 0 amide bonds. The zero-order valence-corrected chi connectivity index (χ0v) is 14.7. The van der Waals surface area contributed by atoms with Crippen molar-refractivity contribution in [1.29, 1.82) is 0 Å². The first-order chi connectivity index (χ1) is 11.6. The molecule has 0 bridgehead atoms. The monoisotopic (exact) mass is 382 g/mol. The summed E-state index contributed by atoms with van der Waals surface area (Å²) >= 11 is 2.36. The van der Waals surface area contributed by atoms with Crippen LogP contribution in [0, 0.1) is 0 Å². The Morgan fingerprint density at radius 1 is 1.21 bits per heavy atom. The number of aliphatic carboxylic acids is 1. The van der Waals surface area contributed by atoms with E-state index >= 15 is 0 Å². The van der Waals surface area contributed by atoms with Gasteiger partial charge < -0.3 is 0 Å².